The number of nitrogens with zero attached hydrogens (tertiary/aromatic N) is 2. The van der Waals surface area contributed by atoms with Gasteiger partial charge in [-0.1, -0.05) is 48.5 Å². The summed E-state index contributed by atoms with van der Waals surface area (Å²) in [5.74, 6) is 0. The molecule has 0 N–H and O–H groups in total. The van der Waals surface area contributed by atoms with E-state index in [1.54, 1.807) is 6.20 Å². The molecule has 0 bridgehead atoms. The summed E-state index contributed by atoms with van der Waals surface area (Å²) in [7, 11) is 0. The summed E-state index contributed by atoms with van der Waals surface area (Å²) in [4.78, 5) is 0. The molecule has 3 aromatic rings. The topological polar surface area (TPSA) is 35.0 Å². The first-order chi connectivity index (χ1) is 10.3. The van der Waals surface area contributed by atoms with Crippen molar-refractivity contribution in [3.05, 3.63) is 60.3 Å². The Kier molecular flexibility index (Phi) is 3.93. The van der Waals surface area contributed by atoms with Crippen molar-refractivity contribution in [3.63, 3.8) is 0 Å². The summed E-state index contributed by atoms with van der Waals surface area (Å²) in [5, 5.41) is 10.6. The van der Waals surface area contributed by atoms with Gasteiger partial charge >= 0.3 is 0 Å². The number of aromatic nitrogens is 2. The Morgan fingerprint density at radius 2 is 1.81 bits per heavy atom. The predicted molar refractivity (Wildman–Crippen MR) is 85.0 cm³/mol. The lowest BCUT2D eigenvalue weighted by molar-refractivity contribution is 0.0764. The van der Waals surface area contributed by atoms with E-state index in [9.17, 15) is 0 Å². The smallest absolute Gasteiger partial charge is 0.101 e. The van der Waals surface area contributed by atoms with Crippen molar-refractivity contribution in [1.29, 1.82) is 0 Å². The van der Waals surface area contributed by atoms with Crippen molar-refractivity contribution in [2.75, 3.05) is 6.61 Å². The van der Waals surface area contributed by atoms with E-state index in [2.05, 4.69) is 53.5 Å². The van der Waals surface area contributed by atoms with Crippen LogP contribution in [0.5, 0.6) is 0 Å². The monoisotopic (exact) mass is 278 g/mol. The van der Waals surface area contributed by atoms with Crippen LogP contribution in [0.2, 0.25) is 0 Å². The number of benzene rings is 2. The fourth-order valence-corrected chi connectivity index (χ4v) is 2.50. The lowest BCUT2D eigenvalue weighted by Gasteiger charge is -2.12. The maximum Gasteiger partial charge on any atom is 0.101 e. The number of fused-ring (bicyclic) bond motifs is 1. The summed E-state index contributed by atoms with van der Waals surface area (Å²) in [6.07, 6.45) is 1.91. The minimum Gasteiger partial charge on any atom is -0.374 e. The van der Waals surface area contributed by atoms with E-state index in [0.29, 0.717) is 0 Å². The van der Waals surface area contributed by atoms with Gasteiger partial charge in [-0.25, -0.2) is 0 Å². The second kappa shape index (κ2) is 6.02. The summed E-state index contributed by atoms with van der Waals surface area (Å²) in [5.41, 5.74) is 3.17. The molecule has 0 saturated heterocycles. The second-order valence-electron chi connectivity index (χ2n) is 5.00. The molecule has 0 radical (unpaired) electrons. The Balaban J connectivity index is 2.00. The SMILES string of the molecule is CCOC(C)c1ccc(-c2nncc3ccccc23)cc1. The van der Waals surface area contributed by atoms with Crippen molar-refractivity contribution >= 4 is 10.8 Å². The van der Waals surface area contributed by atoms with Gasteiger partial charge in [-0.2, -0.15) is 5.10 Å². The summed E-state index contributed by atoms with van der Waals surface area (Å²) in [6, 6.07) is 16.5. The average molecular weight is 278 g/mol. The second-order valence-corrected chi connectivity index (χ2v) is 5.00. The quantitative estimate of drug-likeness (QED) is 0.709. The zero-order chi connectivity index (χ0) is 14.7. The van der Waals surface area contributed by atoms with E-state index < -0.39 is 0 Å². The predicted octanol–water partition coefficient (Wildman–Crippen LogP) is 4.39. The van der Waals surface area contributed by atoms with E-state index in [1.165, 1.54) is 5.56 Å². The van der Waals surface area contributed by atoms with Gasteiger partial charge in [0.25, 0.3) is 0 Å². The highest BCUT2D eigenvalue weighted by molar-refractivity contribution is 5.93. The van der Waals surface area contributed by atoms with Crippen LogP contribution < -0.4 is 0 Å². The first-order valence-corrected chi connectivity index (χ1v) is 7.22. The summed E-state index contributed by atoms with van der Waals surface area (Å²) < 4.78 is 5.62. The van der Waals surface area contributed by atoms with Gasteiger partial charge in [0.2, 0.25) is 0 Å². The normalized spacial score (nSPS) is 12.5. The van der Waals surface area contributed by atoms with Crippen LogP contribution in [-0.2, 0) is 4.74 Å². The van der Waals surface area contributed by atoms with Crippen LogP contribution in [-0.4, -0.2) is 16.8 Å². The van der Waals surface area contributed by atoms with E-state index in [0.717, 1.165) is 28.6 Å². The Hall–Kier alpha value is -2.26. The fraction of sp³-hybridized carbons (Fsp3) is 0.222. The van der Waals surface area contributed by atoms with Crippen molar-refractivity contribution in [3.8, 4) is 11.3 Å². The minimum atomic E-state index is 0.114. The molecule has 106 valence electrons. The largest absolute Gasteiger partial charge is 0.374 e. The van der Waals surface area contributed by atoms with Crippen molar-refractivity contribution in [1.82, 2.24) is 10.2 Å². The maximum absolute atomic E-state index is 5.62. The average Bonchev–Trinajstić information content (AvgIpc) is 2.55. The van der Waals surface area contributed by atoms with Gasteiger partial charge in [0.15, 0.2) is 0 Å². The first-order valence-electron chi connectivity index (χ1n) is 7.22. The van der Waals surface area contributed by atoms with Crippen molar-refractivity contribution in [2.45, 2.75) is 20.0 Å². The Morgan fingerprint density at radius 3 is 2.57 bits per heavy atom. The summed E-state index contributed by atoms with van der Waals surface area (Å²) in [6.45, 7) is 4.80. The highest BCUT2D eigenvalue weighted by Crippen LogP contribution is 2.27. The molecule has 0 fully saturated rings. The Bertz CT molecular complexity index is 732. The van der Waals surface area contributed by atoms with Gasteiger partial charge in [-0.15, -0.1) is 5.10 Å². The molecule has 0 amide bonds. The molecule has 1 heterocycles. The highest BCUT2D eigenvalue weighted by atomic mass is 16.5. The maximum atomic E-state index is 5.62. The Labute approximate surface area is 124 Å². The molecule has 3 nitrogen and oxygen atoms in total. The molecule has 0 aliphatic carbocycles. The third kappa shape index (κ3) is 2.78. The van der Waals surface area contributed by atoms with Gasteiger partial charge in [0, 0.05) is 22.9 Å². The number of rotatable bonds is 4. The molecule has 1 unspecified atom stereocenters. The molecule has 0 aliphatic rings. The standard InChI is InChI=1S/C18H18N2O/c1-3-21-13(2)14-8-10-15(11-9-14)18-17-7-5-4-6-16(17)12-19-20-18/h4-13H,3H2,1-2H3. The first kappa shape index (κ1) is 13.7. The van der Waals surface area contributed by atoms with E-state index in [4.69, 9.17) is 4.74 Å². The highest BCUT2D eigenvalue weighted by Gasteiger charge is 2.08. The van der Waals surface area contributed by atoms with Gasteiger partial charge in [-0.05, 0) is 19.4 Å². The number of ether oxygens (including phenoxy) is 1. The van der Waals surface area contributed by atoms with Crippen molar-refractivity contribution < 1.29 is 4.74 Å². The van der Waals surface area contributed by atoms with Crippen LogP contribution in [0.25, 0.3) is 22.0 Å². The van der Waals surface area contributed by atoms with Crippen LogP contribution in [0.3, 0.4) is 0 Å². The molecule has 0 spiro atoms. The zero-order valence-electron chi connectivity index (χ0n) is 12.3. The molecular weight excluding hydrogens is 260 g/mol. The van der Waals surface area contributed by atoms with E-state index in [-0.39, 0.29) is 6.10 Å². The van der Waals surface area contributed by atoms with Gasteiger partial charge in [0.05, 0.1) is 12.3 Å². The minimum absolute atomic E-state index is 0.114. The molecule has 2 aromatic carbocycles. The summed E-state index contributed by atoms with van der Waals surface area (Å²) >= 11 is 0. The van der Waals surface area contributed by atoms with Crippen LogP contribution in [0.15, 0.2) is 54.7 Å². The molecular formula is C18H18N2O. The molecule has 3 heteroatoms. The number of hydrogen-bond donors (Lipinski definition) is 0. The molecule has 0 aliphatic heterocycles. The molecule has 3 rings (SSSR count). The van der Waals surface area contributed by atoms with Gasteiger partial charge in [-0.3, -0.25) is 0 Å². The molecule has 1 atom stereocenters. The van der Waals surface area contributed by atoms with Crippen LogP contribution in [0.4, 0.5) is 0 Å². The molecule has 21 heavy (non-hydrogen) atoms. The molecule has 0 saturated carbocycles. The lowest BCUT2D eigenvalue weighted by Crippen LogP contribution is -1.99. The van der Waals surface area contributed by atoms with E-state index in [1.807, 2.05) is 19.1 Å². The zero-order valence-corrected chi connectivity index (χ0v) is 12.3. The van der Waals surface area contributed by atoms with Crippen LogP contribution in [0.1, 0.15) is 25.5 Å². The third-order valence-electron chi connectivity index (χ3n) is 3.64. The van der Waals surface area contributed by atoms with Gasteiger partial charge in [0.1, 0.15) is 5.69 Å². The Morgan fingerprint density at radius 1 is 1.05 bits per heavy atom. The van der Waals surface area contributed by atoms with Crippen molar-refractivity contribution in [2.24, 2.45) is 0 Å². The molecule has 1 aromatic heterocycles. The number of hydrogen-bond acceptors (Lipinski definition) is 3. The fourth-order valence-electron chi connectivity index (χ4n) is 2.50. The van der Waals surface area contributed by atoms with Crippen LogP contribution >= 0.6 is 0 Å². The third-order valence-corrected chi connectivity index (χ3v) is 3.64. The van der Waals surface area contributed by atoms with Crippen LogP contribution in [0, 0.1) is 0 Å². The lowest BCUT2D eigenvalue weighted by atomic mass is 10.0. The van der Waals surface area contributed by atoms with E-state index >= 15 is 0 Å². The van der Waals surface area contributed by atoms with Gasteiger partial charge < -0.3 is 4.74 Å².